The van der Waals surface area contributed by atoms with Gasteiger partial charge in [-0.25, -0.2) is 0 Å². The lowest BCUT2D eigenvalue weighted by Crippen LogP contribution is -2.52. The molecular formula is C32H20F12N4. The Morgan fingerprint density at radius 1 is 0.500 bits per heavy atom. The number of hydrogen-bond acceptors (Lipinski definition) is 4. The van der Waals surface area contributed by atoms with Crippen LogP contribution in [0, 0.1) is 11.3 Å². The second kappa shape index (κ2) is 13.5. The van der Waals surface area contributed by atoms with E-state index in [-0.39, 0.29) is 23.5 Å². The minimum atomic E-state index is -4.55. The summed E-state index contributed by atoms with van der Waals surface area (Å²) in [5.74, 6) is 0. The van der Waals surface area contributed by atoms with E-state index in [0.717, 1.165) is 60.7 Å². The van der Waals surface area contributed by atoms with Crippen molar-refractivity contribution in [2.45, 2.75) is 24.7 Å². The molecule has 0 bridgehead atoms. The summed E-state index contributed by atoms with van der Waals surface area (Å²) >= 11 is 0. The number of rotatable bonds is 3. The van der Waals surface area contributed by atoms with Crippen molar-refractivity contribution in [1.29, 1.82) is 5.26 Å². The highest BCUT2D eigenvalue weighted by molar-refractivity contribution is 5.75. The average Bonchev–Trinajstić information content (AvgIpc) is 3.03. The fourth-order valence-electron chi connectivity index (χ4n) is 4.26. The maximum atomic E-state index is 13.0. The molecule has 1 N–H and O–H groups in total. The Kier molecular flexibility index (Phi) is 10.0. The van der Waals surface area contributed by atoms with Crippen molar-refractivity contribution in [3.8, 4) is 6.07 Å². The van der Waals surface area contributed by atoms with Crippen molar-refractivity contribution in [1.82, 2.24) is 5.53 Å². The molecule has 1 aliphatic rings. The van der Waals surface area contributed by atoms with Crippen LogP contribution in [0.2, 0.25) is 0 Å². The second-order valence-electron chi connectivity index (χ2n) is 10.1. The highest BCUT2D eigenvalue weighted by Gasteiger charge is 2.33. The predicted molar refractivity (Wildman–Crippen MR) is 151 cm³/mol. The van der Waals surface area contributed by atoms with Gasteiger partial charge in [0.1, 0.15) is 0 Å². The van der Waals surface area contributed by atoms with E-state index in [1.54, 1.807) is 6.07 Å². The highest BCUT2D eigenvalue weighted by Crippen LogP contribution is 2.35. The fourth-order valence-corrected chi connectivity index (χ4v) is 4.26. The lowest BCUT2D eigenvalue weighted by atomic mass is 10.0. The first kappa shape index (κ1) is 35.7. The summed E-state index contributed by atoms with van der Waals surface area (Å²) in [6, 6.07) is 18.3. The number of nitrogens with one attached hydrogen (secondary N) is 1. The van der Waals surface area contributed by atoms with Crippen LogP contribution in [0.15, 0.2) is 103 Å². The first-order chi connectivity index (χ1) is 22.3. The van der Waals surface area contributed by atoms with Crippen molar-refractivity contribution in [3.05, 3.63) is 137 Å². The molecule has 1 heterocycles. The van der Waals surface area contributed by atoms with Crippen LogP contribution < -0.4 is 15.6 Å². The molecule has 0 unspecified atom stereocenters. The van der Waals surface area contributed by atoms with Gasteiger partial charge < -0.3 is 0 Å². The molecule has 0 atom stereocenters. The maximum absolute atomic E-state index is 13.0. The summed E-state index contributed by atoms with van der Waals surface area (Å²) in [5.41, 5.74) is 1.15. The summed E-state index contributed by atoms with van der Waals surface area (Å²) in [5, 5.41) is 11.0. The van der Waals surface area contributed by atoms with Gasteiger partial charge in [-0.2, -0.15) is 57.9 Å². The number of hydrogen-bond donors (Lipinski definition) is 1. The molecule has 0 radical (unpaired) electrons. The van der Waals surface area contributed by atoms with E-state index in [1.165, 1.54) is 52.6 Å². The van der Waals surface area contributed by atoms with Crippen molar-refractivity contribution >= 4 is 16.9 Å². The van der Waals surface area contributed by atoms with Gasteiger partial charge in [-0.05, 0) is 96.1 Å². The first-order valence-electron chi connectivity index (χ1n) is 13.4. The van der Waals surface area contributed by atoms with Crippen LogP contribution >= 0.6 is 0 Å². The van der Waals surface area contributed by atoms with Crippen LogP contribution in [0.5, 0.6) is 0 Å². The van der Waals surface area contributed by atoms with E-state index in [9.17, 15) is 52.7 Å². The molecule has 0 saturated carbocycles. The van der Waals surface area contributed by atoms with Gasteiger partial charge in [0.25, 0.3) is 0 Å². The molecule has 0 spiro atoms. The largest absolute Gasteiger partial charge is 0.416 e. The van der Waals surface area contributed by atoms with Gasteiger partial charge in [0.15, 0.2) is 0 Å². The zero-order valence-electron chi connectivity index (χ0n) is 23.9. The minimum absolute atomic E-state index is 0.0356. The van der Waals surface area contributed by atoms with E-state index in [2.05, 4.69) is 5.53 Å². The molecule has 252 valence electrons. The van der Waals surface area contributed by atoms with Crippen LogP contribution in [0.4, 0.5) is 64.1 Å². The summed E-state index contributed by atoms with van der Waals surface area (Å²) in [4.78, 5) is 0. The SMILES string of the molecule is FC(F)(F)c1ccc(C2=CN(c3ccc(C(F)(F)F)cc3)NN(c3ccc(C(F)(F)F)cc3)C2)cc1.N#Cc1ccc(C(F)(F)F)cc1. The molecular weight excluding hydrogens is 668 g/mol. The second-order valence-corrected chi connectivity index (χ2v) is 10.1. The first-order valence-corrected chi connectivity index (χ1v) is 13.4. The number of hydrazine groups is 2. The van der Waals surface area contributed by atoms with Crippen molar-refractivity contribution in [2.75, 3.05) is 16.6 Å². The van der Waals surface area contributed by atoms with Gasteiger partial charge in [0.05, 0.1) is 51.8 Å². The number of nitrogens with zero attached hydrogens (tertiary/aromatic N) is 3. The van der Waals surface area contributed by atoms with Crippen LogP contribution in [0.3, 0.4) is 0 Å². The van der Waals surface area contributed by atoms with Gasteiger partial charge >= 0.3 is 24.7 Å². The van der Waals surface area contributed by atoms with Crippen LogP contribution in [0.1, 0.15) is 33.4 Å². The minimum Gasteiger partial charge on any atom is -0.286 e. The number of alkyl halides is 12. The molecule has 0 saturated heterocycles. The molecule has 0 aromatic heterocycles. The van der Waals surface area contributed by atoms with Gasteiger partial charge in [-0.15, -0.1) is 5.53 Å². The summed E-state index contributed by atoms with van der Waals surface area (Å²) in [6.45, 7) is 0.0356. The molecule has 0 fully saturated rings. The summed E-state index contributed by atoms with van der Waals surface area (Å²) in [6.07, 6.45) is -16.5. The molecule has 4 aromatic rings. The van der Waals surface area contributed by atoms with Gasteiger partial charge in [-0.3, -0.25) is 10.0 Å². The zero-order chi connectivity index (χ0) is 35.5. The van der Waals surface area contributed by atoms with E-state index in [4.69, 9.17) is 5.26 Å². The Hall–Kier alpha value is -5.17. The quantitative estimate of drug-likeness (QED) is 0.218. The van der Waals surface area contributed by atoms with E-state index in [1.807, 2.05) is 0 Å². The van der Waals surface area contributed by atoms with E-state index < -0.39 is 47.0 Å². The van der Waals surface area contributed by atoms with Crippen LogP contribution in [-0.4, -0.2) is 6.54 Å². The van der Waals surface area contributed by atoms with Crippen LogP contribution in [0.25, 0.3) is 5.57 Å². The predicted octanol–water partition coefficient (Wildman–Crippen LogP) is 10.1. The zero-order valence-corrected chi connectivity index (χ0v) is 23.9. The number of benzene rings is 4. The molecule has 0 amide bonds. The Balaban J connectivity index is 0.000000365. The standard InChI is InChI=1S/C24H16F9N3.C8H4F3N/c25-22(26,27)17-3-1-15(2-4-17)16-13-35(20-9-5-18(6-10-20)23(28,29)30)34-36(14-16)21-11-7-19(8-12-21)24(31,32)33;9-8(10,11)7-3-1-6(5-12)2-4-7/h1-13,34H,14H2;1-4H. The van der Waals surface area contributed by atoms with Gasteiger partial charge in [0.2, 0.25) is 0 Å². The Morgan fingerprint density at radius 2 is 0.854 bits per heavy atom. The smallest absolute Gasteiger partial charge is 0.286 e. The summed E-state index contributed by atoms with van der Waals surface area (Å²) < 4.78 is 152. The lowest BCUT2D eigenvalue weighted by molar-refractivity contribution is -0.138. The normalized spacial score (nSPS) is 14.1. The number of nitriles is 1. The molecule has 48 heavy (non-hydrogen) atoms. The highest BCUT2D eigenvalue weighted by atomic mass is 19.4. The fraction of sp³-hybridized carbons (Fsp3) is 0.156. The molecule has 5 rings (SSSR count). The number of halogens is 12. The van der Waals surface area contributed by atoms with E-state index >= 15 is 0 Å². The average molecular weight is 689 g/mol. The Morgan fingerprint density at radius 3 is 1.23 bits per heavy atom. The molecule has 0 aliphatic carbocycles. The molecule has 4 nitrogen and oxygen atoms in total. The summed E-state index contributed by atoms with van der Waals surface area (Å²) in [7, 11) is 0. The number of anilines is 2. The monoisotopic (exact) mass is 688 g/mol. The van der Waals surface area contributed by atoms with Gasteiger partial charge in [0, 0.05) is 6.20 Å². The molecule has 16 heteroatoms. The van der Waals surface area contributed by atoms with E-state index in [0.29, 0.717) is 11.1 Å². The maximum Gasteiger partial charge on any atom is 0.416 e. The molecule has 4 aromatic carbocycles. The topological polar surface area (TPSA) is 42.3 Å². The Bertz CT molecular complexity index is 1750. The molecule has 1 aliphatic heterocycles. The Labute approximate surface area is 264 Å². The van der Waals surface area contributed by atoms with Gasteiger partial charge in [-0.1, -0.05) is 12.1 Å². The van der Waals surface area contributed by atoms with Crippen molar-refractivity contribution < 1.29 is 52.7 Å². The third-order valence-corrected chi connectivity index (χ3v) is 6.75. The van der Waals surface area contributed by atoms with Crippen molar-refractivity contribution in [2.24, 2.45) is 0 Å². The van der Waals surface area contributed by atoms with Crippen LogP contribution in [-0.2, 0) is 24.7 Å². The lowest BCUT2D eigenvalue weighted by Gasteiger charge is -2.37. The third-order valence-electron chi connectivity index (χ3n) is 6.75. The van der Waals surface area contributed by atoms with Crippen molar-refractivity contribution in [3.63, 3.8) is 0 Å². The third kappa shape index (κ3) is 9.00.